The van der Waals surface area contributed by atoms with Crippen molar-refractivity contribution in [1.82, 2.24) is 5.32 Å². The van der Waals surface area contributed by atoms with Gasteiger partial charge in [-0.3, -0.25) is 9.59 Å². The lowest BCUT2D eigenvalue weighted by Gasteiger charge is -2.17. The minimum Gasteiger partial charge on any atom is -0.481 e. The largest absolute Gasteiger partial charge is 0.481 e. The van der Waals surface area contributed by atoms with Crippen LogP contribution < -0.4 is 5.32 Å². The number of aliphatic carboxylic acids is 1. The Labute approximate surface area is 112 Å². The summed E-state index contributed by atoms with van der Waals surface area (Å²) in [4.78, 5) is 23.2. The number of carbonyl (C=O) groups is 2. The normalized spacial score (nSPS) is 35.6. The minimum atomic E-state index is -0.823. The zero-order chi connectivity index (χ0) is 13.1. The summed E-state index contributed by atoms with van der Waals surface area (Å²) in [5.41, 5.74) is 0. The fraction of sp³-hybridized carbons (Fsp3) is 0.846. The molecule has 0 spiro atoms. The number of thioether (sulfide) groups is 1. The van der Waals surface area contributed by atoms with E-state index in [1.54, 1.807) is 0 Å². The number of rotatable bonds is 4. The molecular formula is C13H21NO3S. The van der Waals surface area contributed by atoms with Crippen LogP contribution in [0.2, 0.25) is 0 Å². The number of carboxylic acid groups (broad SMARTS) is 1. The van der Waals surface area contributed by atoms with Gasteiger partial charge in [0.15, 0.2) is 0 Å². The van der Waals surface area contributed by atoms with Gasteiger partial charge in [-0.2, -0.15) is 11.8 Å². The zero-order valence-corrected chi connectivity index (χ0v) is 11.5. The molecule has 4 atom stereocenters. The molecule has 102 valence electrons. The third-order valence-electron chi connectivity index (χ3n) is 4.04. The standard InChI is InChI=1S/C13H21NO3S/c1-8-4-10(11(5-8)13(16)17)12(15)14-6-9-2-3-18-7-9/h8-11H,2-7H2,1H3,(H,14,15)(H,16,17). The predicted molar refractivity (Wildman–Crippen MR) is 71.5 cm³/mol. The molecule has 2 N–H and O–H groups in total. The van der Waals surface area contributed by atoms with E-state index >= 15 is 0 Å². The van der Waals surface area contributed by atoms with E-state index in [9.17, 15) is 9.59 Å². The molecule has 1 aliphatic carbocycles. The number of amides is 1. The number of carbonyl (C=O) groups excluding carboxylic acids is 1. The molecule has 4 unspecified atom stereocenters. The zero-order valence-electron chi connectivity index (χ0n) is 10.7. The Morgan fingerprint density at radius 1 is 1.33 bits per heavy atom. The Morgan fingerprint density at radius 2 is 2.06 bits per heavy atom. The van der Waals surface area contributed by atoms with Crippen molar-refractivity contribution in [3.63, 3.8) is 0 Å². The van der Waals surface area contributed by atoms with Crippen LogP contribution in [0.5, 0.6) is 0 Å². The van der Waals surface area contributed by atoms with Gasteiger partial charge in [0, 0.05) is 6.54 Å². The second-order valence-electron chi connectivity index (χ2n) is 5.60. The van der Waals surface area contributed by atoms with Crippen LogP contribution in [0.3, 0.4) is 0 Å². The molecule has 0 bridgehead atoms. The second-order valence-corrected chi connectivity index (χ2v) is 6.75. The van der Waals surface area contributed by atoms with Crippen LogP contribution in [0.25, 0.3) is 0 Å². The molecule has 1 saturated heterocycles. The molecule has 1 aliphatic heterocycles. The molecule has 2 rings (SSSR count). The lowest BCUT2D eigenvalue weighted by Crippen LogP contribution is -2.37. The molecule has 1 amide bonds. The molecule has 0 aromatic rings. The lowest BCUT2D eigenvalue weighted by molar-refractivity contribution is -0.146. The van der Waals surface area contributed by atoms with Crippen LogP contribution in [0.1, 0.15) is 26.2 Å². The third-order valence-corrected chi connectivity index (χ3v) is 5.27. The van der Waals surface area contributed by atoms with E-state index in [2.05, 4.69) is 5.32 Å². The summed E-state index contributed by atoms with van der Waals surface area (Å²) in [6.07, 6.45) is 2.50. The van der Waals surface area contributed by atoms with Crippen LogP contribution in [0.4, 0.5) is 0 Å². The summed E-state index contributed by atoms with van der Waals surface area (Å²) in [6, 6.07) is 0. The number of nitrogens with one attached hydrogen (secondary N) is 1. The summed E-state index contributed by atoms with van der Waals surface area (Å²) in [6.45, 7) is 2.74. The quantitative estimate of drug-likeness (QED) is 0.815. The fourth-order valence-electron chi connectivity index (χ4n) is 2.97. The van der Waals surface area contributed by atoms with Gasteiger partial charge >= 0.3 is 5.97 Å². The van der Waals surface area contributed by atoms with Crippen LogP contribution in [-0.4, -0.2) is 35.0 Å². The summed E-state index contributed by atoms with van der Waals surface area (Å²) in [5, 5.41) is 12.1. The van der Waals surface area contributed by atoms with E-state index in [0.717, 1.165) is 12.2 Å². The van der Waals surface area contributed by atoms with Crippen molar-refractivity contribution in [2.45, 2.75) is 26.2 Å². The average molecular weight is 271 g/mol. The van der Waals surface area contributed by atoms with Gasteiger partial charge < -0.3 is 10.4 Å². The van der Waals surface area contributed by atoms with Crippen LogP contribution in [0.15, 0.2) is 0 Å². The first-order valence-electron chi connectivity index (χ1n) is 6.66. The number of hydrogen-bond donors (Lipinski definition) is 2. The van der Waals surface area contributed by atoms with E-state index in [4.69, 9.17) is 5.11 Å². The van der Waals surface area contributed by atoms with Crippen molar-refractivity contribution in [2.75, 3.05) is 18.1 Å². The summed E-state index contributed by atoms with van der Waals surface area (Å²) in [7, 11) is 0. The molecule has 1 heterocycles. The highest BCUT2D eigenvalue weighted by molar-refractivity contribution is 7.99. The minimum absolute atomic E-state index is 0.0522. The van der Waals surface area contributed by atoms with Gasteiger partial charge in [-0.15, -0.1) is 0 Å². The summed E-state index contributed by atoms with van der Waals surface area (Å²) >= 11 is 1.93. The van der Waals surface area contributed by atoms with Crippen molar-refractivity contribution in [1.29, 1.82) is 0 Å². The van der Waals surface area contributed by atoms with E-state index in [1.807, 2.05) is 18.7 Å². The fourth-order valence-corrected chi connectivity index (χ4v) is 4.26. The van der Waals surface area contributed by atoms with Crippen LogP contribution in [-0.2, 0) is 9.59 Å². The van der Waals surface area contributed by atoms with E-state index in [-0.39, 0.29) is 11.8 Å². The first-order valence-corrected chi connectivity index (χ1v) is 7.81. The lowest BCUT2D eigenvalue weighted by atomic mass is 9.95. The average Bonchev–Trinajstić information content (AvgIpc) is 2.94. The van der Waals surface area contributed by atoms with Crippen molar-refractivity contribution < 1.29 is 14.7 Å². The Morgan fingerprint density at radius 3 is 2.67 bits per heavy atom. The van der Waals surface area contributed by atoms with E-state index in [0.29, 0.717) is 31.2 Å². The highest BCUT2D eigenvalue weighted by Gasteiger charge is 2.41. The van der Waals surface area contributed by atoms with Crippen LogP contribution in [0, 0.1) is 23.7 Å². The number of carboxylic acids is 1. The van der Waals surface area contributed by atoms with E-state index < -0.39 is 11.9 Å². The van der Waals surface area contributed by atoms with Gasteiger partial charge in [0.25, 0.3) is 0 Å². The van der Waals surface area contributed by atoms with Gasteiger partial charge in [-0.25, -0.2) is 0 Å². The Kier molecular flexibility index (Phi) is 4.54. The van der Waals surface area contributed by atoms with Crippen LogP contribution >= 0.6 is 11.8 Å². The first-order chi connectivity index (χ1) is 8.58. The highest BCUT2D eigenvalue weighted by atomic mass is 32.2. The molecule has 5 heteroatoms. The molecule has 0 radical (unpaired) electrons. The second kappa shape index (κ2) is 5.95. The van der Waals surface area contributed by atoms with Gasteiger partial charge in [-0.05, 0) is 42.6 Å². The Hall–Kier alpha value is -0.710. The first kappa shape index (κ1) is 13.7. The Balaban J connectivity index is 1.85. The molecule has 2 fully saturated rings. The van der Waals surface area contributed by atoms with Crippen molar-refractivity contribution >= 4 is 23.6 Å². The third kappa shape index (κ3) is 3.19. The topological polar surface area (TPSA) is 66.4 Å². The van der Waals surface area contributed by atoms with Gasteiger partial charge in [0.05, 0.1) is 11.8 Å². The van der Waals surface area contributed by atoms with Crippen molar-refractivity contribution in [3.05, 3.63) is 0 Å². The van der Waals surface area contributed by atoms with Crippen molar-refractivity contribution in [2.24, 2.45) is 23.7 Å². The summed E-state index contributed by atoms with van der Waals surface area (Å²) < 4.78 is 0. The maximum atomic E-state index is 12.1. The van der Waals surface area contributed by atoms with Gasteiger partial charge in [-0.1, -0.05) is 6.92 Å². The molecule has 0 aromatic carbocycles. The molecule has 4 nitrogen and oxygen atoms in total. The Bertz CT molecular complexity index is 328. The van der Waals surface area contributed by atoms with E-state index in [1.165, 1.54) is 5.75 Å². The van der Waals surface area contributed by atoms with Crippen molar-refractivity contribution in [3.8, 4) is 0 Å². The monoisotopic (exact) mass is 271 g/mol. The SMILES string of the molecule is CC1CC(C(=O)O)C(C(=O)NCC2CCSC2)C1. The highest BCUT2D eigenvalue weighted by Crippen LogP contribution is 2.36. The predicted octanol–water partition coefficient (Wildman–Crippen LogP) is 1.60. The molecule has 0 aromatic heterocycles. The molecule has 1 saturated carbocycles. The molecule has 18 heavy (non-hydrogen) atoms. The van der Waals surface area contributed by atoms with Gasteiger partial charge in [0.1, 0.15) is 0 Å². The van der Waals surface area contributed by atoms with Gasteiger partial charge in [0.2, 0.25) is 5.91 Å². The molecular weight excluding hydrogens is 250 g/mol. The number of hydrogen-bond acceptors (Lipinski definition) is 3. The maximum Gasteiger partial charge on any atom is 0.307 e. The summed E-state index contributed by atoms with van der Waals surface area (Å²) in [5.74, 6) is 1.51. The smallest absolute Gasteiger partial charge is 0.307 e. The maximum absolute atomic E-state index is 12.1. The molecule has 2 aliphatic rings.